The molecule has 1 aliphatic carbocycles. The average Bonchev–Trinajstić information content (AvgIpc) is 2.93. The first-order valence-corrected chi connectivity index (χ1v) is 11.6. The number of fused-ring (bicyclic) bond motifs is 1. The molecule has 2 aromatic rings. The summed E-state index contributed by atoms with van der Waals surface area (Å²) >= 11 is 3.60. The van der Waals surface area contributed by atoms with Crippen molar-refractivity contribution in [1.82, 2.24) is 4.98 Å². The zero-order chi connectivity index (χ0) is 21.5. The molecular weight excluding hydrogens is 440 g/mol. The van der Waals surface area contributed by atoms with Gasteiger partial charge in [-0.05, 0) is 75.6 Å². The standard InChI is InChI=1S/C25H31BrN2O2/c1-17-13-19(26)14-22(27-17)28-11-9-25(10-12-28)16-18-7-5-6-8-20(18)21(25)15-23(29)30-24(2,3)4/h5-8,13-14,21H,9-12,15-16H2,1-4H3/t21-/m1/s1. The number of aromatic nitrogens is 1. The fraction of sp³-hybridized carbons (Fsp3) is 0.520. The first-order chi connectivity index (χ1) is 14.2. The van der Waals surface area contributed by atoms with Crippen LogP contribution in [-0.2, 0) is 16.0 Å². The molecule has 1 aromatic heterocycles. The van der Waals surface area contributed by atoms with Crippen molar-refractivity contribution in [2.75, 3.05) is 18.0 Å². The summed E-state index contributed by atoms with van der Waals surface area (Å²) in [4.78, 5) is 19.9. The first-order valence-electron chi connectivity index (χ1n) is 10.8. The van der Waals surface area contributed by atoms with Crippen LogP contribution >= 0.6 is 15.9 Å². The summed E-state index contributed by atoms with van der Waals surface area (Å²) in [5, 5.41) is 0. The number of anilines is 1. The lowest BCUT2D eigenvalue weighted by atomic mass is 9.68. The third-order valence-corrected chi connectivity index (χ3v) is 6.95. The highest BCUT2D eigenvalue weighted by Gasteiger charge is 2.48. The molecule has 0 N–H and O–H groups in total. The predicted octanol–water partition coefficient (Wildman–Crippen LogP) is 5.81. The molecule has 1 fully saturated rings. The highest BCUT2D eigenvalue weighted by atomic mass is 79.9. The molecule has 4 rings (SSSR count). The molecule has 2 heterocycles. The van der Waals surface area contributed by atoms with E-state index in [0.29, 0.717) is 6.42 Å². The Bertz CT molecular complexity index is 922. The third kappa shape index (κ3) is 4.41. The van der Waals surface area contributed by atoms with Gasteiger partial charge in [-0.15, -0.1) is 0 Å². The summed E-state index contributed by atoms with van der Waals surface area (Å²) < 4.78 is 6.77. The van der Waals surface area contributed by atoms with E-state index in [1.54, 1.807) is 0 Å². The summed E-state index contributed by atoms with van der Waals surface area (Å²) in [7, 11) is 0. The lowest BCUT2D eigenvalue weighted by molar-refractivity contribution is -0.156. The smallest absolute Gasteiger partial charge is 0.306 e. The monoisotopic (exact) mass is 470 g/mol. The van der Waals surface area contributed by atoms with E-state index in [-0.39, 0.29) is 17.3 Å². The number of benzene rings is 1. The van der Waals surface area contributed by atoms with Gasteiger partial charge in [-0.25, -0.2) is 4.98 Å². The topological polar surface area (TPSA) is 42.4 Å². The van der Waals surface area contributed by atoms with Gasteiger partial charge in [-0.3, -0.25) is 4.79 Å². The molecule has 0 unspecified atom stereocenters. The van der Waals surface area contributed by atoms with E-state index in [0.717, 1.165) is 48.3 Å². The van der Waals surface area contributed by atoms with Crippen molar-refractivity contribution in [2.24, 2.45) is 5.41 Å². The van der Waals surface area contributed by atoms with E-state index >= 15 is 0 Å². The number of hydrogen-bond donors (Lipinski definition) is 0. The molecule has 1 aromatic carbocycles. The van der Waals surface area contributed by atoms with Crippen molar-refractivity contribution in [3.63, 3.8) is 0 Å². The summed E-state index contributed by atoms with van der Waals surface area (Å²) in [6, 6.07) is 12.8. The number of piperidine rings is 1. The van der Waals surface area contributed by atoms with Gasteiger partial charge < -0.3 is 9.64 Å². The number of halogens is 1. The number of ether oxygens (including phenoxy) is 1. The van der Waals surface area contributed by atoms with E-state index < -0.39 is 5.60 Å². The molecule has 2 aliphatic rings. The number of pyridine rings is 1. The van der Waals surface area contributed by atoms with Crippen LogP contribution in [0.15, 0.2) is 40.9 Å². The molecule has 1 spiro atoms. The van der Waals surface area contributed by atoms with Crippen molar-refractivity contribution < 1.29 is 9.53 Å². The third-order valence-electron chi connectivity index (χ3n) is 6.49. The van der Waals surface area contributed by atoms with Crippen LogP contribution in [0.5, 0.6) is 0 Å². The van der Waals surface area contributed by atoms with Crippen LogP contribution in [0, 0.1) is 12.3 Å². The zero-order valence-corrected chi connectivity index (χ0v) is 20.0. The van der Waals surface area contributed by atoms with E-state index in [9.17, 15) is 4.79 Å². The minimum absolute atomic E-state index is 0.0877. The lowest BCUT2D eigenvalue weighted by Gasteiger charge is -2.44. The van der Waals surface area contributed by atoms with Gasteiger partial charge >= 0.3 is 5.97 Å². The Labute approximate surface area is 188 Å². The van der Waals surface area contributed by atoms with E-state index in [2.05, 4.69) is 51.2 Å². The number of esters is 1. The minimum atomic E-state index is -0.448. The molecule has 4 nitrogen and oxygen atoms in total. The van der Waals surface area contributed by atoms with Crippen LogP contribution in [0.3, 0.4) is 0 Å². The SMILES string of the molecule is Cc1cc(Br)cc(N2CCC3(CC2)Cc2ccccc2[C@H]3CC(=O)OC(C)(C)C)n1. The van der Waals surface area contributed by atoms with E-state index in [1.807, 2.05) is 33.8 Å². The van der Waals surface area contributed by atoms with Gasteiger partial charge in [0.15, 0.2) is 0 Å². The Morgan fingerprint density at radius 3 is 2.60 bits per heavy atom. The Balaban J connectivity index is 1.55. The Hall–Kier alpha value is -1.88. The Morgan fingerprint density at radius 2 is 1.93 bits per heavy atom. The highest BCUT2D eigenvalue weighted by molar-refractivity contribution is 9.10. The van der Waals surface area contributed by atoms with Gasteiger partial charge in [0.05, 0.1) is 6.42 Å². The minimum Gasteiger partial charge on any atom is -0.460 e. The molecule has 0 radical (unpaired) electrons. The highest BCUT2D eigenvalue weighted by Crippen LogP contribution is 2.55. The summed E-state index contributed by atoms with van der Waals surface area (Å²) in [5.74, 6) is 1.18. The fourth-order valence-corrected chi connectivity index (χ4v) is 5.76. The van der Waals surface area contributed by atoms with Crippen LogP contribution in [0.2, 0.25) is 0 Å². The molecule has 30 heavy (non-hydrogen) atoms. The number of carbonyl (C=O) groups is 1. The Kier molecular flexibility index (Phi) is 5.69. The largest absolute Gasteiger partial charge is 0.460 e. The van der Waals surface area contributed by atoms with Crippen LogP contribution in [-0.4, -0.2) is 29.6 Å². The van der Waals surface area contributed by atoms with E-state index in [4.69, 9.17) is 9.72 Å². The first kappa shape index (κ1) is 21.4. The van der Waals surface area contributed by atoms with Gasteiger partial charge in [-0.2, -0.15) is 0 Å². The van der Waals surface area contributed by atoms with Gasteiger partial charge in [0.1, 0.15) is 11.4 Å². The quantitative estimate of drug-likeness (QED) is 0.530. The molecule has 5 heteroatoms. The van der Waals surface area contributed by atoms with Gasteiger partial charge in [0.2, 0.25) is 0 Å². The number of hydrogen-bond acceptors (Lipinski definition) is 4. The number of carbonyl (C=O) groups excluding carboxylic acids is 1. The molecule has 0 amide bonds. The number of rotatable bonds is 3. The lowest BCUT2D eigenvalue weighted by Crippen LogP contribution is -2.43. The van der Waals surface area contributed by atoms with Crippen LogP contribution in [0.25, 0.3) is 0 Å². The van der Waals surface area contributed by atoms with Crippen molar-refractivity contribution in [2.45, 2.75) is 64.9 Å². The molecule has 0 saturated carbocycles. The maximum absolute atomic E-state index is 12.8. The van der Waals surface area contributed by atoms with Crippen molar-refractivity contribution in [3.05, 3.63) is 57.7 Å². The summed E-state index contributed by atoms with van der Waals surface area (Å²) in [6.45, 7) is 9.77. The second-order valence-electron chi connectivity index (χ2n) is 9.85. The number of aryl methyl sites for hydroxylation is 1. The van der Waals surface area contributed by atoms with Crippen molar-refractivity contribution in [1.29, 1.82) is 0 Å². The molecule has 1 saturated heterocycles. The van der Waals surface area contributed by atoms with Crippen LogP contribution in [0.1, 0.15) is 62.8 Å². The van der Waals surface area contributed by atoms with Crippen LogP contribution < -0.4 is 4.90 Å². The van der Waals surface area contributed by atoms with Crippen molar-refractivity contribution >= 4 is 27.7 Å². The number of nitrogens with zero attached hydrogens (tertiary/aromatic N) is 2. The molecule has 1 atom stereocenters. The van der Waals surface area contributed by atoms with Gasteiger partial charge in [0, 0.05) is 29.2 Å². The second-order valence-corrected chi connectivity index (χ2v) is 10.8. The molecule has 1 aliphatic heterocycles. The maximum atomic E-state index is 12.8. The average molecular weight is 471 g/mol. The van der Waals surface area contributed by atoms with Crippen molar-refractivity contribution in [3.8, 4) is 0 Å². The molecule has 160 valence electrons. The predicted molar refractivity (Wildman–Crippen MR) is 124 cm³/mol. The van der Waals surface area contributed by atoms with Gasteiger partial charge in [0.25, 0.3) is 0 Å². The Morgan fingerprint density at radius 1 is 1.23 bits per heavy atom. The van der Waals surface area contributed by atoms with Crippen LogP contribution in [0.4, 0.5) is 5.82 Å². The second kappa shape index (κ2) is 7.99. The summed E-state index contributed by atoms with van der Waals surface area (Å²) in [5.41, 5.74) is 3.44. The zero-order valence-electron chi connectivity index (χ0n) is 18.4. The fourth-order valence-electron chi connectivity index (χ4n) is 5.22. The maximum Gasteiger partial charge on any atom is 0.306 e. The molecule has 0 bridgehead atoms. The summed E-state index contributed by atoms with van der Waals surface area (Å²) in [6.07, 6.45) is 3.63. The normalized spacial score (nSPS) is 20.3. The van der Waals surface area contributed by atoms with Gasteiger partial charge in [-0.1, -0.05) is 40.2 Å². The molecular formula is C25H31BrN2O2. The van der Waals surface area contributed by atoms with E-state index in [1.165, 1.54) is 11.1 Å².